The summed E-state index contributed by atoms with van der Waals surface area (Å²) >= 11 is 1.54. The van der Waals surface area contributed by atoms with Crippen LogP contribution in [0, 0.1) is 11.3 Å². The minimum atomic E-state index is -0.299. The van der Waals surface area contributed by atoms with Crippen molar-refractivity contribution >= 4 is 11.8 Å². The highest BCUT2D eigenvalue weighted by atomic mass is 32.2. The van der Waals surface area contributed by atoms with E-state index in [9.17, 15) is 10.4 Å². The van der Waals surface area contributed by atoms with E-state index in [2.05, 4.69) is 11.1 Å². The number of aliphatic hydroxyl groups excluding tert-OH is 1. The lowest BCUT2D eigenvalue weighted by Crippen LogP contribution is -2.26. The molecule has 0 saturated carbocycles. The van der Waals surface area contributed by atoms with Crippen LogP contribution in [0.15, 0.2) is 47.5 Å². The van der Waals surface area contributed by atoms with Crippen LogP contribution in [0.3, 0.4) is 0 Å². The average molecular weight is 327 g/mol. The minimum Gasteiger partial charge on any atom is -0.395 e. The number of hydrogen-bond donors (Lipinski definition) is 2. The number of pyridine rings is 1. The summed E-state index contributed by atoms with van der Waals surface area (Å²) in [6, 6.07) is 15.6. The largest absolute Gasteiger partial charge is 0.395 e. The fourth-order valence-corrected chi connectivity index (χ4v) is 3.57. The van der Waals surface area contributed by atoms with Crippen molar-refractivity contribution in [3.63, 3.8) is 0 Å². The summed E-state index contributed by atoms with van der Waals surface area (Å²) < 4.78 is 0. The highest BCUT2D eigenvalue weighted by Gasteiger charge is 2.19. The standard InChI is InChI=1S/C18H21N3OS/c1-2-16-9-8-14(11-19)18(21-16)23-17(10-15(20)12-22)13-6-4-3-5-7-13/h3-9,15,17,22H,2,10,12,20H2,1H3/t15-,17+/m0/s1. The molecule has 1 aromatic carbocycles. The lowest BCUT2D eigenvalue weighted by atomic mass is 10.1. The fourth-order valence-electron chi connectivity index (χ4n) is 2.25. The Bertz CT molecular complexity index is 670. The predicted octanol–water partition coefficient (Wildman–Crippen LogP) is 3.06. The van der Waals surface area contributed by atoms with Gasteiger partial charge in [0.05, 0.1) is 12.2 Å². The van der Waals surface area contributed by atoms with E-state index in [-0.39, 0.29) is 17.9 Å². The number of benzene rings is 1. The van der Waals surface area contributed by atoms with Crippen LogP contribution in [0.25, 0.3) is 0 Å². The van der Waals surface area contributed by atoms with E-state index in [1.807, 2.05) is 49.4 Å². The van der Waals surface area contributed by atoms with E-state index >= 15 is 0 Å². The zero-order chi connectivity index (χ0) is 16.7. The van der Waals surface area contributed by atoms with Gasteiger partial charge in [-0.15, -0.1) is 0 Å². The predicted molar refractivity (Wildman–Crippen MR) is 93.0 cm³/mol. The van der Waals surface area contributed by atoms with Crippen molar-refractivity contribution in [2.24, 2.45) is 5.73 Å². The van der Waals surface area contributed by atoms with Crippen molar-refractivity contribution in [1.29, 1.82) is 5.26 Å². The first-order valence-electron chi connectivity index (χ1n) is 7.66. The lowest BCUT2D eigenvalue weighted by Gasteiger charge is -2.20. The summed E-state index contributed by atoms with van der Waals surface area (Å²) in [7, 11) is 0. The first kappa shape index (κ1) is 17.5. The Labute approximate surface area is 141 Å². The maximum absolute atomic E-state index is 9.33. The molecule has 2 aromatic rings. The van der Waals surface area contributed by atoms with Gasteiger partial charge in [-0.3, -0.25) is 0 Å². The molecule has 0 spiro atoms. The Morgan fingerprint density at radius 3 is 2.61 bits per heavy atom. The molecular formula is C18H21N3OS. The van der Waals surface area contributed by atoms with Gasteiger partial charge >= 0.3 is 0 Å². The molecule has 0 fully saturated rings. The van der Waals surface area contributed by atoms with Crippen molar-refractivity contribution in [3.05, 3.63) is 59.3 Å². The topological polar surface area (TPSA) is 82.9 Å². The molecule has 1 aromatic heterocycles. The number of aromatic nitrogens is 1. The average Bonchev–Trinajstić information content (AvgIpc) is 2.61. The van der Waals surface area contributed by atoms with Crippen molar-refractivity contribution in [2.45, 2.75) is 36.1 Å². The van der Waals surface area contributed by atoms with Gasteiger partial charge in [0, 0.05) is 17.0 Å². The van der Waals surface area contributed by atoms with Gasteiger partial charge < -0.3 is 10.8 Å². The third-order valence-corrected chi connectivity index (χ3v) is 4.86. The van der Waals surface area contributed by atoms with E-state index in [0.29, 0.717) is 12.0 Å². The monoisotopic (exact) mass is 327 g/mol. The van der Waals surface area contributed by atoms with Crippen LogP contribution in [-0.2, 0) is 6.42 Å². The summed E-state index contributed by atoms with van der Waals surface area (Å²) in [5.41, 5.74) is 8.60. The molecule has 23 heavy (non-hydrogen) atoms. The molecule has 3 N–H and O–H groups in total. The summed E-state index contributed by atoms with van der Waals surface area (Å²) in [5.74, 6) is 0. The Morgan fingerprint density at radius 1 is 1.26 bits per heavy atom. The zero-order valence-electron chi connectivity index (χ0n) is 13.1. The van der Waals surface area contributed by atoms with E-state index in [0.717, 1.165) is 22.7 Å². The number of nitrogens with zero attached hydrogens (tertiary/aromatic N) is 2. The maximum Gasteiger partial charge on any atom is 0.115 e. The Morgan fingerprint density at radius 2 is 2.00 bits per heavy atom. The number of aryl methyl sites for hydroxylation is 1. The molecule has 4 nitrogen and oxygen atoms in total. The van der Waals surface area contributed by atoms with Crippen molar-refractivity contribution in [2.75, 3.05) is 6.61 Å². The number of thioether (sulfide) groups is 1. The van der Waals surface area contributed by atoms with Crippen molar-refractivity contribution in [3.8, 4) is 6.07 Å². The van der Waals surface area contributed by atoms with Gasteiger partial charge in [0.1, 0.15) is 11.1 Å². The van der Waals surface area contributed by atoms with Crippen molar-refractivity contribution < 1.29 is 5.11 Å². The Kier molecular flexibility index (Phi) is 6.60. The molecule has 120 valence electrons. The molecular weight excluding hydrogens is 306 g/mol. The normalized spacial score (nSPS) is 13.3. The molecule has 0 amide bonds. The van der Waals surface area contributed by atoms with Gasteiger partial charge in [0.15, 0.2) is 0 Å². The van der Waals surface area contributed by atoms with E-state index < -0.39 is 0 Å². The summed E-state index contributed by atoms with van der Waals surface area (Å²) in [5, 5.41) is 19.4. The smallest absolute Gasteiger partial charge is 0.115 e. The molecule has 0 aliphatic heterocycles. The molecule has 0 aliphatic carbocycles. The summed E-state index contributed by atoms with van der Waals surface area (Å²) in [4.78, 5) is 4.60. The Hall–Kier alpha value is -1.87. The molecule has 0 bridgehead atoms. The van der Waals surface area contributed by atoms with Crippen LogP contribution in [-0.4, -0.2) is 22.7 Å². The number of hydrogen-bond acceptors (Lipinski definition) is 5. The molecule has 5 heteroatoms. The molecule has 1 heterocycles. The highest BCUT2D eigenvalue weighted by Crippen LogP contribution is 2.38. The fraction of sp³-hybridized carbons (Fsp3) is 0.333. The molecule has 2 rings (SSSR count). The minimum absolute atomic E-state index is 0.0463. The second-order valence-corrected chi connectivity index (χ2v) is 6.51. The van der Waals surface area contributed by atoms with Gasteiger partial charge in [0.2, 0.25) is 0 Å². The third-order valence-electron chi connectivity index (χ3n) is 3.58. The number of nitrogens with two attached hydrogens (primary N) is 1. The molecule has 0 aliphatic rings. The van der Waals surface area contributed by atoms with Crippen LogP contribution in [0.1, 0.15) is 35.4 Å². The van der Waals surface area contributed by atoms with Crippen LogP contribution >= 0.6 is 11.8 Å². The summed E-state index contributed by atoms with van der Waals surface area (Å²) in [6.45, 7) is 1.98. The van der Waals surface area contributed by atoms with Crippen molar-refractivity contribution in [1.82, 2.24) is 4.98 Å². The summed E-state index contributed by atoms with van der Waals surface area (Å²) in [6.07, 6.45) is 1.44. The van der Waals surface area contributed by atoms with Crippen LogP contribution in [0.4, 0.5) is 0 Å². The third kappa shape index (κ3) is 4.80. The highest BCUT2D eigenvalue weighted by molar-refractivity contribution is 7.99. The van der Waals surface area contributed by atoms with Crippen LogP contribution in [0.2, 0.25) is 0 Å². The van der Waals surface area contributed by atoms with Gasteiger partial charge in [-0.25, -0.2) is 4.98 Å². The second-order valence-electron chi connectivity index (χ2n) is 5.32. The maximum atomic E-state index is 9.33. The van der Waals surface area contributed by atoms with E-state index in [1.165, 1.54) is 0 Å². The first-order valence-corrected chi connectivity index (χ1v) is 8.54. The van der Waals surface area contributed by atoms with E-state index in [1.54, 1.807) is 11.8 Å². The molecule has 2 atom stereocenters. The van der Waals surface area contributed by atoms with Gasteiger partial charge in [-0.05, 0) is 30.5 Å². The van der Waals surface area contributed by atoms with Crippen LogP contribution < -0.4 is 5.73 Å². The molecule has 0 radical (unpaired) electrons. The van der Waals surface area contributed by atoms with E-state index in [4.69, 9.17) is 5.73 Å². The number of aliphatic hydroxyl groups is 1. The SMILES string of the molecule is CCc1ccc(C#N)c(S[C@H](C[C@H](N)CO)c2ccccc2)n1. The van der Waals surface area contributed by atoms with Crippen LogP contribution in [0.5, 0.6) is 0 Å². The second kappa shape index (κ2) is 8.68. The first-order chi connectivity index (χ1) is 11.2. The van der Waals surface area contributed by atoms with Gasteiger partial charge in [-0.1, -0.05) is 49.0 Å². The molecule has 0 saturated heterocycles. The zero-order valence-corrected chi connectivity index (χ0v) is 14.0. The van der Waals surface area contributed by atoms with Gasteiger partial charge in [0.25, 0.3) is 0 Å². The molecule has 0 unspecified atom stereocenters. The number of nitriles is 1. The lowest BCUT2D eigenvalue weighted by molar-refractivity contribution is 0.259. The Balaban J connectivity index is 2.32. The number of rotatable bonds is 7. The van der Waals surface area contributed by atoms with Gasteiger partial charge in [-0.2, -0.15) is 5.26 Å². The quantitative estimate of drug-likeness (QED) is 0.764.